The molecule has 0 aliphatic rings. The van der Waals surface area contributed by atoms with E-state index < -0.39 is 5.97 Å². The van der Waals surface area contributed by atoms with Gasteiger partial charge in [0.15, 0.2) is 5.43 Å². The zero-order valence-corrected chi connectivity index (χ0v) is 17.6. The minimum Gasteiger partial charge on any atom is -0.478 e. The third-order valence-electron chi connectivity index (χ3n) is 5.24. The van der Waals surface area contributed by atoms with Crippen molar-refractivity contribution in [1.29, 1.82) is 0 Å². The Labute approximate surface area is 184 Å². The van der Waals surface area contributed by atoms with Crippen molar-refractivity contribution in [3.8, 4) is 11.3 Å². The maximum atomic E-state index is 12.6. The molecule has 6 nitrogen and oxygen atoms in total. The Kier molecular flexibility index (Phi) is 5.60. The van der Waals surface area contributed by atoms with Crippen LogP contribution >= 0.6 is 0 Å². The van der Waals surface area contributed by atoms with Gasteiger partial charge in [-0.2, -0.15) is 0 Å². The molecule has 0 radical (unpaired) electrons. The number of carbonyl (C=O) groups excluding carboxylic acids is 1. The van der Waals surface area contributed by atoms with Crippen molar-refractivity contribution in [3.05, 3.63) is 105 Å². The molecule has 4 aromatic rings. The molecule has 3 aromatic carbocycles. The minimum atomic E-state index is -0.992. The number of amides is 1. The summed E-state index contributed by atoms with van der Waals surface area (Å²) in [5.74, 6) is -0.807. The normalized spacial score (nSPS) is 10.8. The number of hydrogen-bond acceptors (Lipinski definition) is 4. The second-order valence-corrected chi connectivity index (χ2v) is 7.70. The van der Waals surface area contributed by atoms with Crippen molar-refractivity contribution < 1.29 is 19.1 Å². The van der Waals surface area contributed by atoms with Crippen LogP contribution in [-0.2, 0) is 6.54 Å². The lowest BCUT2D eigenvalue weighted by atomic mass is 10.1. The highest BCUT2D eigenvalue weighted by Gasteiger charge is 2.11. The van der Waals surface area contributed by atoms with Crippen LogP contribution in [-0.4, -0.2) is 17.0 Å². The summed E-state index contributed by atoms with van der Waals surface area (Å²) in [6, 6.07) is 18.4. The molecule has 0 unspecified atom stereocenters. The van der Waals surface area contributed by atoms with Crippen LogP contribution in [0.4, 0.5) is 0 Å². The number of carboxylic acid groups (broad SMARTS) is 1. The number of aromatic carboxylic acids is 1. The van der Waals surface area contributed by atoms with Crippen LogP contribution in [0, 0.1) is 13.8 Å². The molecule has 0 saturated heterocycles. The zero-order chi connectivity index (χ0) is 22.8. The van der Waals surface area contributed by atoms with Gasteiger partial charge in [-0.3, -0.25) is 9.59 Å². The molecule has 32 heavy (non-hydrogen) atoms. The molecule has 0 aliphatic heterocycles. The quantitative estimate of drug-likeness (QED) is 0.481. The van der Waals surface area contributed by atoms with E-state index in [1.165, 1.54) is 18.2 Å². The lowest BCUT2D eigenvalue weighted by molar-refractivity contribution is 0.0696. The Bertz CT molecular complexity index is 1380. The smallest absolute Gasteiger partial charge is 0.335 e. The summed E-state index contributed by atoms with van der Waals surface area (Å²) in [5.41, 5.74) is 4.51. The summed E-state index contributed by atoms with van der Waals surface area (Å²) in [6.07, 6.45) is 0. The number of carbonyl (C=O) groups is 2. The lowest BCUT2D eigenvalue weighted by Crippen LogP contribution is -2.22. The zero-order valence-electron chi connectivity index (χ0n) is 17.6. The Morgan fingerprint density at radius 2 is 1.56 bits per heavy atom. The maximum Gasteiger partial charge on any atom is 0.335 e. The van der Waals surface area contributed by atoms with E-state index in [0.29, 0.717) is 27.9 Å². The van der Waals surface area contributed by atoms with Crippen LogP contribution in [0.25, 0.3) is 22.3 Å². The third-order valence-corrected chi connectivity index (χ3v) is 5.24. The molecule has 2 N–H and O–H groups in total. The predicted octanol–water partition coefficient (Wildman–Crippen LogP) is 4.71. The molecule has 160 valence electrons. The number of nitrogens with one attached hydrogen (secondary N) is 1. The Hall–Kier alpha value is -4.19. The predicted molar refractivity (Wildman–Crippen MR) is 122 cm³/mol. The number of aryl methyl sites for hydroxylation is 2. The van der Waals surface area contributed by atoms with Crippen molar-refractivity contribution in [1.82, 2.24) is 5.32 Å². The fraction of sp³-hybridized carbons (Fsp3) is 0.115. The van der Waals surface area contributed by atoms with Crippen LogP contribution in [0.2, 0.25) is 0 Å². The molecular weight excluding hydrogens is 406 g/mol. The van der Waals surface area contributed by atoms with Gasteiger partial charge in [0.05, 0.1) is 10.9 Å². The Balaban J connectivity index is 1.51. The Morgan fingerprint density at radius 3 is 2.22 bits per heavy atom. The molecule has 0 saturated carbocycles. The van der Waals surface area contributed by atoms with Crippen molar-refractivity contribution in [2.24, 2.45) is 0 Å². The molecule has 0 spiro atoms. The van der Waals surface area contributed by atoms with Gasteiger partial charge in [0.25, 0.3) is 5.91 Å². The van der Waals surface area contributed by atoms with Crippen molar-refractivity contribution in [3.63, 3.8) is 0 Å². The molecule has 1 heterocycles. The van der Waals surface area contributed by atoms with Gasteiger partial charge in [0, 0.05) is 23.7 Å². The highest BCUT2D eigenvalue weighted by atomic mass is 16.4. The number of rotatable bonds is 5. The average Bonchev–Trinajstić information content (AvgIpc) is 2.78. The second kappa shape index (κ2) is 8.51. The molecule has 1 amide bonds. The molecule has 4 rings (SSSR count). The van der Waals surface area contributed by atoms with Gasteiger partial charge in [-0.05, 0) is 60.9 Å². The van der Waals surface area contributed by atoms with E-state index in [1.54, 1.807) is 36.4 Å². The highest BCUT2D eigenvalue weighted by Crippen LogP contribution is 2.25. The summed E-state index contributed by atoms with van der Waals surface area (Å²) in [7, 11) is 0. The van der Waals surface area contributed by atoms with Gasteiger partial charge in [-0.15, -0.1) is 0 Å². The van der Waals surface area contributed by atoms with Gasteiger partial charge < -0.3 is 14.8 Å². The minimum absolute atomic E-state index is 0.108. The van der Waals surface area contributed by atoms with Crippen molar-refractivity contribution in [2.45, 2.75) is 20.4 Å². The molecule has 0 fully saturated rings. The Morgan fingerprint density at radius 1 is 0.906 bits per heavy atom. The van der Waals surface area contributed by atoms with E-state index in [1.807, 2.05) is 26.0 Å². The van der Waals surface area contributed by atoms with Crippen LogP contribution in [0.5, 0.6) is 0 Å². The van der Waals surface area contributed by atoms with E-state index in [9.17, 15) is 14.4 Å². The van der Waals surface area contributed by atoms with Gasteiger partial charge in [0.2, 0.25) is 0 Å². The third kappa shape index (κ3) is 4.30. The number of benzene rings is 3. The van der Waals surface area contributed by atoms with Gasteiger partial charge >= 0.3 is 5.97 Å². The summed E-state index contributed by atoms with van der Waals surface area (Å²) >= 11 is 0. The second-order valence-electron chi connectivity index (χ2n) is 7.70. The molecule has 0 aliphatic carbocycles. The largest absolute Gasteiger partial charge is 0.478 e. The SMILES string of the molecule is Cc1cc(C)c2oc(-c3ccc(C(=O)NCc4ccc(C(=O)O)cc4)cc3)cc(=O)c2c1. The van der Waals surface area contributed by atoms with Crippen molar-refractivity contribution >= 4 is 22.8 Å². The summed E-state index contributed by atoms with van der Waals surface area (Å²) in [4.78, 5) is 36.0. The molecule has 1 aromatic heterocycles. The molecular formula is C26H21NO5. The highest BCUT2D eigenvalue weighted by molar-refractivity contribution is 5.94. The van der Waals surface area contributed by atoms with E-state index in [-0.39, 0.29) is 23.4 Å². The molecule has 6 heteroatoms. The number of hydrogen-bond donors (Lipinski definition) is 2. The first kappa shape index (κ1) is 21.1. The van der Waals surface area contributed by atoms with Gasteiger partial charge in [-0.1, -0.05) is 30.3 Å². The molecule has 0 bridgehead atoms. The van der Waals surface area contributed by atoms with Crippen molar-refractivity contribution in [2.75, 3.05) is 0 Å². The molecule has 0 atom stereocenters. The van der Waals surface area contributed by atoms with Crippen LogP contribution in [0.3, 0.4) is 0 Å². The summed E-state index contributed by atoms with van der Waals surface area (Å²) < 4.78 is 6.00. The monoisotopic (exact) mass is 427 g/mol. The fourth-order valence-electron chi connectivity index (χ4n) is 3.59. The lowest BCUT2D eigenvalue weighted by Gasteiger charge is -2.08. The van der Waals surface area contributed by atoms with E-state index in [2.05, 4.69) is 5.32 Å². The van der Waals surface area contributed by atoms with Gasteiger partial charge in [-0.25, -0.2) is 4.79 Å². The topological polar surface area (TPSA) is 96.6 Å². The fourth-order valence-corrected chi connectivity index (χ4v) is 3.59. The van der Waals surface area contributed by atoms with Crippen LogP contribution in [0.1, 0.15) is 37.4 Å². The van der Waals surface area contributed by atoms with Crippen LogP contribution < -0.4 is 10.7 Å². The maximum absolute atomic E-state index is 12.6. The van der Waals surface area contributed by atoms with Gasteiger partial charge in [0.1, 0.15) is 11.3 Å². The number of fused-ring (bicyclic) bond motifs is 1. The standard InChI is InChI=1S/C26H21NO5/c1-15-11-16(2)24-21(12-15)22(28)13-23(32-24)18-7-9-19(10-8-18)25(29)27-14-17-3-5-20(6-4-17)26(30)31/h3-13H,14H2,1-2H3,(H,27,29)(H,30,31). The first-order valence-corrected chi connectivity index (χ1v) is 10.1. The average molecular weight is 427 g/mol. The van der Waals surface area contributed by atoms with Crippen LogP contribution in [0.15, 0.2) is 75.9 Å². The summed E-state index contributed by atoms with van der Waals surface area (Å²) in [5, 5.41) is 12.3. The van der Waals surface area contributed by atoms with E-state index in [0.717, 1.165) is 16.7 Å². The number of carboxylic acids is 1. The van der Waals surface area contributed by atoms with E-state index in [4.69, 9.17) is 9.52 Å². The first-order valence-electron chi connectivity index (χ1n) is 10.1. The van der Waals surface area contributed by atoms with E-state index >= 15 is 0 Å². The summed E-state index contributed by atoms with van der Waals surface area (Å²) in [6.45, 7) is 4.12. The first-order chi connectivity index (χ1) is 15.3.